The average molecular weight is 575 g/mol. The molecule has 4 heterocycles. The Kier molecular flexibility index (Phi) is 7.41. The van der Waals surface area contributed by atoms with Crippen molar-refractivity contribution in [1.29, 1.82) is 0 Å². The van der Waals surface area contributed by atoms with Gasteiger partial charge in [-0.1, -0.05) is 17.4 Å². The molecular weight excluding hydrogens is 541 g/mol. The van der Waals surface area contributed by atoms with Crippen LogP contribution in [-0.2, 0) is 10.9 Å². The van der Waals surface area contributed by atoms with Gasteiger partial charge in [0.15, 0.2) is 5.13 Å². The Bertz CT molecular complexity index is 1380. The molecule has 2 saturated heterocycles. The second-order valence-corrected chi connectivity index (χ2v) is 12.6. The summed E-state index contributed by atoms with van der Waals surface area (Å²) in [7, 11) is 0. The lowest BCUT2D eigenvalue weighted by molar-refractivity contribution is -0.141. The highest BCUT2D eigenvalue weighted by atomic mass is 32.1. The van der Waals surface area contributed by atoms with E-state index in [2.05, 4.69) is 25.2 Å². The van der Waals surface area contributed by atoms with Gasteiger partial charge < -0.3 is 19.9 Å². The summed E-state index contributed by atoms with van der Waals surface area (Å²) in [5.74, 6) is -0.115. The van der Waals surface area contributed by atoms with Crippen molar-refractivity contribution in [2.75, 3.05) is 36.4 Å². The summed E-state index contributed by atoms with van der Waals surface area (Å²) < 4.78 is 44.7. The van der Waals surface area contributed by atoms with Gasteiger partial charge in [-0.2, -0.15) is 13.2 Å². The van der Waals surface area contributed by atoms with Crippen molar-refractivity contribution < 1.29 is 22.7 Å². The summed E-state index contributed by atoms with van der Waals surface area (Å²) in [6.07, 6.45) is 1.10. The predicted octanol–water partition coefficient (Wildman–Crippen LogP) is 6.90. The standard InChI is InChI=1S/C28H33F3N6O2S/c1-18-13-19(15-20(14-18)34-23-32-9-5-22(35-23)28(29,30)31)21-16-33-24(40-21)36-10-6-27(7-11-36)8-12-37(17-27)25(38)39-26(2,3)4/h5,9,13-16H,6-8,10-12,17H2,1-4H3,(H,32,34,35). The number of nitrogens with zero attached hydrogens (tertiary/aromatic N) is 5. The monoisotopic (exact) mass is 574 g/mol. The maximum Gasteiger partial charge on any atom is 0.433 e. The van der Waals surface area contributed by atoms with E-state index in [1.165, 1.54) is 0 Å². The molecule has 0 atom stereocenters. The van der Waals surface area contributed by atoms with E-state index in [1.54, 1.807) is 11.3 Å². The molecule has 12 heteroatoms. The fourth-order valence-corrected chi connectivity index (χ4v) is 6.20. The molecule has 2 aliphatic rings. The largest absolute Gasteiger partial charge is 0.444 e. The van der Waals surface area contributed by atoms with E-state index in [1.807, 2.05) is 57.0 Å². The Morgan fingerprint density at radius 1 is 1.07 bits per heavy atom. The van der Waals surface area contributed by atoms with Crippen LogP contribution in [0.15, 0.2) is 36.7 Å². The Balaban J connectivity index is 1.23. The Labute approximate surface area is 235 Å². The lowest BCUT2D eigenvalue weighted by Crippen LogP contribution is -2.43. The third kappa shape index (κ3) is 6.48. The number of nitrogens with one attached hydrogen (secondary N) is 1. The molecule has 3 aromatic rings. The molecule has 2 aromatic heterocycles. The van der Waals surface area contributed by atoms with Crippen LogP contribution in [-0.4, -0.2) is 57.7 Å². The minimum Gasteiger partial charge on any atom is -0.444 e. The molecule has 0 unspecified atom stereocenters. The van der Waals surface area contributed by atoms with E-state index in [0.717, 1.165) is 78.8 Å². The smallest absolute Gasteiger partial charge is 0.433 e. The molecule has 214 valence electrons. The molecule has 0 radical (unpaired) electrons. The first kappa shape index (κ1) is 28.1. The fourth-order valence-electron chi connectivity index (χ4n) is 5.25. The number of aromatic nitrogens is 3. The Hall–Kier alpha value is -3.41. The molecular formula is C28H33F3N6O2S. The second-order valence-electron chi connectivity index (χ2n) is 11.6. The highest BCUT2D eigenvalue weighted by Crippen LogP contribution is 2.43. The van der Waals surface area contributed by atoms with Gasteiger partial charge in [-0.05, 0) is 81.7 Å². The van der Waals surface area contributed by atoms with Crippen molar-refractivity contribution in [2.24, 2.45) is 5.41 Å². The van der Waals surface area contributed by atoms with Crippen LogP contribution in [0.2, 0.25) is 0 Å². The minimum atomic E-state index is -4.54. The maximum atomic E-state index is 13.1. The van der Waals surface area contributed by atoms with Crippen LogP contribution in [0, 0.1) is 12.3 Å². The molecule has 1 amide bonds. The van der Waals surface area contributed by atoms with Gasteiger partial charge >= 0.3 is 12.3 Å². The number of hydrogen-bond donors (Lipinski definition) is 1. The number of carbonyl (C=O) groups excluding carboxylic acids is 1. The number of hydrogen-bond acceptors (Lipinski definition) is 8. The van der Waals surface area contributed by atoms with Crippen LogP contribution in [0.5, 0.6) is 0 Å². The van der Waals surface area contributed by atoms with Crippen LogP contribution < -0.4 is 10.2 Å². The molecule has 1 aromatic carbocycles. The molecule has 8 nitrogen and oxygen atoms in total. The summed E-state index contributed by atoms with van der Waals surface area (Å²) in [6.45, 7) is 10.8. The van der Waals surface area contributed by atoms with E-state index in [4.69, 9.17) is 4.74 Å². The number of alkyl halides is 3. The zero-order valence-electron chi connectivity index (χ0n) is 23.0. The Morgan fingerprint density at radius 3 is 2.50 bits per heavy atom. The lowest BCUT2D eigenvalue weighted by atomic mass is 9.78. The number of aryl methyl sites for hydroxylation is 1. The van der Waals surface area contributed by atoms with E-state index < -0.39 is 17.5 Å². The number of benzene rings is 1. The topological polar surface area (TPSA) is 83.5 Å². The van der Waals surface area contributed by atoms with Gasteiger partial charge in [0, 0.05) is 44.3 Å². The lowest BCUT2D eigenvalue weighted by Gasteiger charge is -2.39. The van der Waals surface area contributed by atoms with Gasteiger partial charge in [0.25, 0.3) is 0 Å². The molecule has 2 aliphatic heterocycles. The van der Waals surface area contributed by atoms with Crippen molar-refractivity contribution >= 4 is 34.2 Å². The first-order valence-electron chi connectivity index (χ1n) is 13.3. The van der Waals surface area contributed by atoms with Crippen molar-refractivity contribution in [2.45, 2.75) is 58.7 Å². The summed E-state index contributed by atoms with van der Waals surface area (Å²) in [5.41, 5.74) is 1.08. The number of ether oxygens (including phenoxy) is 1. The van der Waals surface area contributed by atoms with Gasteiger partial charge in [-0.3, -0.25) is 0 Å². The summed E-state index contributed by atoms with van der Waals surface area (Å²) in [4.78, 5) is 29.9. The van der Waals surface area contributed by atoms with Crippen LogP contribution >= 0.6 is 11.3 Å². The molecule has 1 N–H and O–H groups in total. The highest BCUT2D eigenvalue weighted by molar-refractivity contribution is 7.18. The van der Waals surface area contributed by atoms with Crippen molar-refractivity contribution in [3.8, 4) is 10.4 Å². The van der Waals surface area contributed by atoms with Gasteiger partial charge in [0.2, 0.25) is 5.95 Å². The maximum absolute atomic E-state index is 13.1. The number of halogens is 3. The van der Waals surface area contributed by atoms with Crippen LogP contribution in [0.1, 0.15) is 51.3 Å². The Morgan fingerprint density at radius 2 is 1.80 bits per heavy atom. The van der Waals surface area contributed by atoms with E-state index in [-0.39, 0.29) is 17.5 Å². The minimum absolute atomic E-state index is 0.115. The second kappa shape index (κ2) is 10.5. The average Bonchev–Trinajstić information content (AvgIpc) is 3.51. The van der Waals surface area contributed by atoms with Gasteiger partial charge in [0.05, 0.1) is 4.88 Å². The number of amides is 1. The third-order valence-corrected chi connectivity index (χ3v) is 8.35. The van der Waals surface area contributed by atoms with Gasteiger partial charge in [-0.25, -0.2) is 19.7 Å². The summed E-state index contributed by atoms with van der Waals surface area (Å²) in [5, 5.41) is 3.84. The van der Waals surface area contributed by atoms with Gasteiger partial charge in [-0.15, -0.1) is 0 Å². The predicted molar refractivity (Wildman–Crippen MR) is 149 cm³/mol. The zero-order valence-corrected chi connectivity index (χ0v) is 23.8. The normalized spacial score (nSPS) is 17.4. The van der Waals surface area contributed by atoms with Crippen molar-refractivity contribution in [1.82, 2.24) is 19.9 Å². The molecule has 0 saturated carbocycles. The third-order valence-electron chi connectivity index (χ3n) is 7.24. The van der Waals surface area contributed by atoms with E-state index in [0.29, 0.717) is 5.69 Å². The number of thiazole rings is 1. The number of carbonyl (C=O) groups is 1. The first-order valence-corrected chi connectivity index (χ1v) is 14.1. The first-order chi connectivity index (χ1) is 18.8. The summed E-state index contributed by atoms with van der Waals surface area (Å²) >= 11 is 1.59. The highest BCUT2D eigenvalue weighted by Gasteiger charge is 2.43. The molecule has 5 rings (SSSR count). The SMILES string of the molecule is Cc1cc(Nc2nccc(C(F)(F)F)n2)cc(-c2cnc(N3CCC4(CCN(C(=O)OC(C)(C)C)C4)CC3)s2)c1. The van der Waals surface area contributed by atoms with E-state index >= 15 is 0 Å². The zero-order chi connectivity index (χ0) is 28.7. The number of likely N-dealkylation sites (tertiary alicyclic amines) is 1. The quantitative estimate of drug-likeness (QED) is 0.363. The number of rotatable bonds is 4. The van der Waals surface area contributed by atoms with Gasteiger partial charge in [0.1, 0.15) is 11.3 Å². The molecule has 0 aliphatic carbocycles. The molecule has 40 heavy (non-hydrogen) atoms. The van der Waals surface area contributed by atoms with Crippen LogP contribution in [0.25, 0.3) is 10.4 Å². The fraction of sp³-hybridized carbons (Fsp3) is 0.500. The van der Waals surface area contributed by atoms with Crippen LogP contribution in [0.4, 0.5) is 34.7 Å². The molecule has 1 spiro atoms. The summed E-state index contributed by atoms with van der Waals surface area (Å²) in [6, 6.07) is 6.56. The molecule has 2 fully saturated rings. The number of piperidine rings is 1. The van der Waals surface area contributed by atoms with Crippen LogP contribution in [0.3, 0.4) is 0 Å². The van der Waals surface area contributed by atoms with E-state index in [9.17, 15) is 18.0 Å². The van der Waals surface area contributed by atoms with Crippen molar-refractivity contribution in [3.05, 3.63) is 47.9 Å². The molecule has 0 bridgehead atoms. The van der Waals surface area contributed by atoms with Crippen molar-refractivity contribution in [3.63, 3.8) is 0 Å². The number of anilines is 3.